The Hall–Kier alpha value is -1.79. The summed E-state index contributed by atoms with van der Waals surface area (Å²) in [6.45, 7) is 0.226. The van der Waals surface area contributed by atoms with Gasteiger partial charge in [-0.1, -0.05) is 12.1 Å². The minimum absolute atomic E-state index is 0.0511. The van der Waals surface area contributed by atoms with E-state index in [1.807, 2.05) is 0 Å². The quantitative estimate of drug-likeness (QED) is 0.848. The van der Waals surface area contributed by atoms with E-state index in [9.17, 15) is 8.42 Å². The summed E-state index contributed by atoms with van der Waals surface area (Å²) in [5.74, 6) is 0.563. The molecule has 0 aliphatic rings. The van der Waals surface area contributed by atoms with Crippen LogP contribution in [0.2, 0.25) is 0 Å². The second-order valence-corrected chi connectivity index (χ2v) is 6.41. The average molecular weight is 280 g/mol. The van der Waals surface area contributed by atoms with Crippen molar-refractivity contribution in [2.45, 2.75) is 12.3 Å². The Morgan fingerprint density at radius 3 is 2.47 bits per heavy atom. The lowest BCUT2D eigenvalue weighted by atomic mass is 10.2. The third-order valence-corrected chi connectivity index (χ3v) is 4.54. The van der Waals surface area contributed by atoms with Crippen LogP contribution in [0.4, 0.5) is 5.69 Å². The van der Waals surface area contributed by atoms with E-state index < -0.39 is 10.0 Å². The summed E-state index contributed by atoms with van der Waals surface area (Å²) < 4.78 is 30.8. The highest BCUT2D eigenvalue weighted by molar-refractivity contribution is 7.88. The molecule has 5 nitrogen and oxygen atoms in total. The minimum Gasteiger partial charge on any atom is -0.468 e. The van der Waals surface area contributed by atoms with Crippen molar-refractivity contribution in [2.75, 3.05) is 12.8 Å². The summed E-state index contributed by atoms with van der Waals surface area (Å²) >= 11 is 0. The highest BCUT2D eigenvalue weighted by Gasteiger charge is 2.19. The summed E-state index contributed by atoms with van der Waals surface area (Å²) in [6.07, 6.45) is 1.52. The van der Waals surface area contributed by atoms with Crippen LogP contribution in [0, 0.1) is 0 Å². The fourth-order valence-electron chi connectivity index (χ4n) is 1.66. The van der Waals surface area contributed by atoms with Crippen molar-refractivity contribution in [3.05, 3.63) is 54.0 Å². The van der Waals surface area contributed by atoms with Gasteiger partial charge in [-0.3, -0.25) is 0 Å². The Labute approximate surface area is 112 Å². The number of rotatable bonds is 5. The van der Waals surface area contributed by atoms with E-state index in [4.69, 9.17) is 10.2 Å². The zero-order valence-electron chi connectivity index (χ0n) is 10.6. The summed E-state index contributed by atoms with van der Waals surface area (Å²) in [6, 6.07) is 10.3. The molecule has 0 saturated carbocycles. The van der Waals surface area contributed by atoms with Gasteiger partial charge in [-0.15, -0.1) is 0 Å². The van der Waals surface area contributed by atoms with Gasteiger partial charge in [0.15, 0.2) is 0 Å². The largest absolute Gasteiger partial charge is 0.468 e. The first-order valence-electron chi connectivity index (χ1n) is 5.78. The number of furan rings is 1. The molecule has 0 atom stereocenters. The lowest BCUT2D eigenvalue weighted by molar-refractivity contribution is 0.406. The molecule has 1 heterocycles. The Morgan fingerprint density at radius 2 is 1.89 bits per heavy atom. The van der Waals surface area contributed by atoms with Crippen LogP contribution in [0.15, 0.2) is 47.1 Å². The molecule has 1 aromatic carbocycles. The molecule has 0 fully saturated rings. The highest BCUT2D eigenvalue weighted by Crippen LogP contribution is 2.14. The molecule has 0 saturated heterocycles. The summed E-state index contributed by atoms with van der Waals surface area (Å²) in [4.78, 5) is 0. The van der Waals surface area contributed by atoms with Crippen LogP contribution in [0.1, 0.15) is 11.3 Å². The van der Waals surface area contributed by atoms with Gasteiger partial charge in [0.2, 0.25) is 10.0 Å². The van der Waals surface area contributed by atoms with E-state index in [2.05, 4.69) is 0 Å². The van der Waals surface area contributed by atoms with Crippen molar-refractivity contribution in [3.63, 3.8) is 0 Å². The lowest BCUT2D eigenvalue weighted by Gasteiger charge is -2.15. The van der Waals surface area contributed by atoms with E-state index in [1.54, 1.807) is 36.4 Å². The van der Waals surface area contributed by atoms with Crippen molar-refractivity contribution in [3.8, 4) is 0 Å². The molecule has 0 aliphatic heterocycles. The number of benzene rings is 1. The molecule has 0 spiro atoms. The van der Waals surface area contributed by atoms with Gasteiger partial charge in [0, 0.05) is 12.7 Å². The van der Waals surface area contributed by atoms with Crippen LogP contribution < -0.4 is 5.73 Å². The molecular formula is C13H16N2O3S. The van der Waals surface area contributed by atoms with Crippen molar-refractivity contribution in [2.24, 2.45) is 0 Å². The standard InChI is InChI=1S/C13H16N2O3S/c1-15(9-13-3-2-8-18-13)19(16,17)10-11-4-6-12(14)7-5-11/h2-8H,9-10,14H2,1H3. The molecule has 1 aromatic heterocycles. The second kappa shape index (κ2) is 5.46. The van der Waals surface area contributed by atoms with E-state index in [-0.39, 0.29) is 12.3 Å². The van der Waals surface area contributed by atoms with Crippen molar-refractivity contribution in [1.29, 1.82) is 0 Å². The summed E-state index contributed by atoms with van der Waals surface area (Å²) in [5.41, 5.74) is 6.89. The van der Waals surface area contributed by atoms with Crippen LogP contribution in [-0.2, 0) is 22.3 Å². The molecule has 2 N–H and O–H groups in total. The Morgan fingerprint density at radius 1 is 1.21 bits per heavy atom. The predicted molar refractivity (Wildman–Crippen MR) is 73.7 cm³/mol. The molecule has 102 valence electrons. The van der Waals surface area contributed by atoms with Crippen LogP contribution in [0.5, 0.6) is 0 Å². The molecule has 0 unspecified atom stereocenters. The Kier molecular flexibility index (Phi) is 3.92. The minimum atomic E-state index is -3.37. The molecule has 2 aromatic rings. The summed E-state index contributed by atoms with van der Waals surface area (Å²) in [5, 5.41) is 0. The van der Waals surface area contributed by atoms with E-state index in [0.29, 0.717) is 17.0 Å². The maximum atomic E-state index is 12.2. The fourth-order valence-corrected chi connectivity index (χ4v) is 2.81. The maximum absolute atomic E-state index is 12.2. The Bertz CT molecular complexity index is 618. The van der Waals surface area contributed by atoms with Gasteiger partial charge in [-0.05, 0) is 29.8 Å². The third-order valence-electron chi connectivity index (χ3n) is 2.76. The third kappa shape index (κ3) is 3.59. The van der Waals surface area contributed by atoms with Gasteiger partial charge in [0.25, 0.3) is 0 Å². The number of nitrogens with zero attached hydrogens (tertiary/aromatic N) is 1. The molecule has 0 bridgehead atoms. The van der Waals surface area contributed by atoms with Crippen LogP contribution >= 0.6 is 0 Å². The highest BCUT2D eigenvalue weighted by atomic mass is 32.2. The lowest BCUT2D eigenvalue weighted by Crippen LogP contribution is -2.27. The first kappa shape index (κ1) is 13.6. The predicted octanol–water partition coefficient (Wildman–Crippen LogP) is 1.82. The first-order valence-corrected chi connectivity index (χ1v) is 7.39. The average Bonchev–Trinajstić information content (AvgIpc) is 2.84. The number of hydrogen-bond donors (Lipinski definition) is 1. The van der Waals surface area contributed by atoms with Gasteiger partial charge in [-0.25, -0.2) is 8.42 Å². The number of anilines is 1. The monoisotopic (exact) mass is 280 g/mol. The zero-order valence-corrected chi connectivity index (χ0v) is 11.4. The SMILES string of the molecule is CN(Cc1ccco1)S(=O)(=O)Cc1ccc(N)cc1. The molecule has 0 radical (unpaired) electrons. The molecule has 0 amide bonds. The number of sulfonamides is 1. The van der Waals surface area contributed by atoms with Gasteiger partial charge in [0.1, 0.15) is 5.76 Å². The zero-order chi connectivity index (χ0) is 13.9. The van der Waals surface area contributed by atoms with Gasteiger partial charge >= 0.3 is 0 Å². The van der Waals surface area contributed by atoms with Gasteiger partial charge in [-0.2, -0.15) is 4.31 Å². The van der Waals surface area contributed by atoms with E-state index in [1.165, 1.54) is 17.6 Å². The fraction of sp³-hybridized carbons (Fsp3) is 0.231. The molecule has 2 rings (SSSR count). The number of hydrogen-bond acceptors (Lipinski definition) is 4. The smallest absolute Gasteiger partial charge is 0.218 e. The van der Waals surface area contributed by atoms with E-state index in [0.717, 1.165) is 0 Å². The number of nitrogens with two attached hydrogens (primary N) is 1. The normalized spacial score (nSPS) is 11.9. The van der Waals surface area contributed by atoms with Crippen LogP contribution in [0.3, 0.4) is 0 Å². The van der Waals surface area contributed by atoms with Gasteiger partial charge < -0.3 is 10.2 Å². The number of nitrogen functional groups attached to an aromatic ring is 1. The van der Waals surface area contributed by atoms with Crippen molar-refractivity contribution < 1.29 is 12.8 Å². The molecule has 6 heteroatoms. The van der Waals surface area contributed by atoms with Crippen molar-refractivity contribution in [1.82, 2.24) is 4.31 Å². The topological polar surface area (TPSA) is 76.5 Å². The molecule has 0 aliphatic carbocycles. The van der Waals surface area contributed by atoms with Gasteiger partial charge in [0.05, 0.1) is 18.6 Å². The maximum Gasteiger partial charge on any atom is 0.218 e. The summed E-state index contributed by atoms with van der Waals surface area (Å²) in [7, 11) is -1.83. The first-order chi connectivity index (χ1) is 8.97. The molecular weight excluding hydrogens is 264 g/mol. The van der Waals surface area contributed by atoms with Crippen LogP contribution in [-0.4, -0.2) is 19.8 Å². The second-order valence-electron chi connectivity index (χ2n) is 4.33. The Balaban J connectivity index is 2.07. The van der Waals surface area contributed by atoms with Crippen molar-refractivity contribution >= 4 is 15.7 Å². The molecule has 19 heavy (non-hydrogen) atoms. The van der Waals surface area contributed by atoms with E-state index >= 15 is 0 Å². The van der Waals surface area contributed by atoms with Crippen LogP contribution in [0.25, 0.3) is 0 Å².